The fourth-order valence-corrected chi connectivity index (χ4v) is 2.25. The van der Waals surface area contributed by atoms with Crippen molar-refractivity contribution >= 4 is 5.65 Å². The van der Waals surface area contributed by atoms with Crippen LogP contribution in [0.15, 0.2) is 42.6 Å². The summed E-state index contributed by atoms with van der Waals surface area (Å²) in [6.07, 6.45) is 1.84. The van der Waals surface area contributed by atoms with E-state index >= 15 is 0 Å². The largest absolute Gasteiger partial charge is 0.485 e. The van der Waals surface area contributed by atoms with Crippen LogP contribution in [0.1, 0.15) is 17.0 Å². The number of halogens is 1. The summed E-state index contributed by atoms with van der Waals surface area (Å²) in [7, 11) is 0. The molecule has 0 unspecified atom stereocenters. The molecule has 5 heteroatoms. The highest BCUT2D eigenvalue weighted by atomic mass is 19.1. The molecule has 0 spiro atoms. The molecular formula is C16H15FN2O2. The molecule has 0 amide bonds. The van der Waals surface area contributed by atoms with Gasteiger partial charge in [-0.05, 0) is 36.8 Å². The van der Waals surface area contributed by atoms with Crippen LogP contribution in [-0.2, 0) is 13.2 Å². The van der Waals surface area contributed by atoms with Crippen molar-refractivity contribution in [3.05, 3.63) is 65.4 Å². The maximum Gasteiger partial charge on any atom is 0.180 e. The number of rotatable bonds is 4. The lowest BCUT2D eigenvalue weighted by atomic mass is 10.2. The Kier molecular flexibility index (Phi) is 3.58. The number of aromatic nitrogens is 2. The molecule has 0 radical (unpaired) electrons. The number of imidazole rings is 1. The number of hydrogen-bond donors (Lipinski definition) is 1. The van der Waals surface area contributed by atoms with Crippen LogP contribution in [0.25, 0.3) is 5.65 Å². The van der Waals surface area contributed by atoms with Crippen LogP contribution in [0.5, 0.6) is 5.75 Å². The number of aliphatic hydroxyl groups excluding tert-OH is 1. The topological polar surface area (TPSA) is 46.8 Å². The minimum atomic E-state index is -0.266. The zero-order valence-corrected chi connectivity index (χ0v) is 11.6. The number of benzene rings is 1. The molecular weight excluding hydrogens is 271 g/mol. The summed E-state index contributed by atoms with van der Waals surface area (Å²) in [5.74, 6) is 0.363. The molecule has 3 rings (SSSR count). The molecule has 0 saturated carbocycles. The molecule has 108 valence electrons. The molecule has 4 nitrogen and oxygen atoms in total. The first-order valence-corrected chi connectivity index (χ1v) is 6.63. The van der Waals surface area contributed by atoms with Crippen LogP contribution in [0, 0.1) is 12.7 Å². The standard InChI is InChI=1S/C16H15FN2O2/c1-11-14(9-20)19-8-2-3-15(16(19)18-11)21-10-12-4-6-13(17)7-5-12/h2-8,20H,9-10H2,1H3. The van der Waals surface area contributed by atoms with Crippen molar-refractivity contribution in [2.24, 2.45) is 0 Å². The van der Waals surface area contributed by atoms with Gasteiger partial charge in [-0.3, -0.25) is 4.40 Å². The molecule has 21 heavy (non-hydrogen) atoms. The van der Waals surface area contributed by atoms with Crippen LogP contribution in [-0.4, -0.2) is 14.5 Å². The summed E-state index contributed by atoms with van der Waals surface area (Å²) < 4.78 is 20.5. The lowest BCUT2D eigenvalue weighted by Crippen LogP contribution is -1.99. The van der Waals surface area contributed by atoms with Crippen molar-refractivity contribution in [1.82, 2.24) is 9.38 Å². The predicted molar refractivity (Wildman–Crippen MR) is 76.6 cm³/mol. The van der Waals surface area contributed by atoms with E-state index in [2.05, 4.69) is 4.98 Å². The van der Waals surface area contributed by atoms with E-state index in [9.17, 15) is 9.50 Å². The van der Waals surface area contributed by atoms with Gasteiger partial charge in [-0.15, -0.1) is 0 Å². The summed E-state index contributed by atoms with van der Waals surface area (Å²) >= 11 is 0. The van der Waals surface area contributed by atoms with E-state index in [0.717, 1.165) is 17.0 Å². The van der Waals surface area contributed by atoms with E-state index in [1.54, 1.807) is 12.1 Å². The van der Waals surface area contributed by atoms with E-state index in [0.29, 0.717) is 18.0 Å². The highest BCUT2D eigenvalue weighted by molar-refractivity contribution is 5.56. The number of aryl methyl sites for hydroxylation is 1. The van der Waals surface area contributed by atoms with Crippen LogP contribution >= 0.6 is 0 Å². The zero-order chi connectivity index (χ0) is 14.8. The fraction of sp³-hybridized carbons (Fsp3) is 0.188. The lowest BCUT2D eigenvalue weighted by molar-refractivity contribution is 0.274. The second-order valence-electron chi connectivity index (χ2n) is 4.78. The predicted octanol–water partition coefficient (Wildman–Crippen LogP) is 2.85. The van der Waals surface area contributed by atoms with Gasteiger partial charge < -0.3 is 9.84 Å². The second kappa shape index (κ2) is 5.54. The van der Waals surface area contributed by atoms with Gasteiger partial charge in [0, 0.05) is 6.20 Å². The SMILES string of the molecule is Cc1nc2c(OCc3ccc(F)cc3)cccn2c1CO. The van der Waals surface area contributed by atoms with Crippen LogP contribution < -0.4 is 4.74 Å². The van der Waals surface area contributed by atoms with Crippen LogP contribution in [0.3, 0.4) is 0 Å². The maximum atomic E-state index is 12.9. The van der Waals surface area contributed by atoms with Gasteiger partial charge in [-0.25, -0.2) is 9.37 Å². The molecule has 0 saturated heterocycles. The normalized spacial score (nSPS) is 11.0. The molecule has 0 bridgehead atoms. The van der Waals surface area contributed by atoms with E-state index in [1.807, 2.05) is 29.7 Å². The van der Waals surface area contributed by atoms with Gasteiger partial charge in [0.2, 0.25) is 0 Å². The number of ether oxygens (including phenoxy) is 1. The lowest BCUT2D eigenvalue weighted by Gasteiger charge is -2.08. The molecule has 0 aliphatic carbocycles. The molecule has 1 aromatic carbocycles. The van der Waals surface area contributed by atoms with E-state index in [1.165, 1.54) is 12.1 Å². The van der Waals surface area contributed by atoms with Crippen LogP contribution in [0.2, 0.25) is 0 Å². The highest BCUT2D eigenvalue weighted by Gasteiger charge is 2.11. The molecule has 0 aliphatic rings. The molecule has 2 heterocycles. The van der Waals surface area contributed by atoms with Gasteiger partial charge in [-0.2, -0.15) is 0 Å². The highest BCUT2D eigenvalue weighted by Crippen LogP contribution is 2.23. The minimum Gasteiger partial charge on any atom is -0.485 e. The Bertz CT molecular complexity index is 766. The monoisotopic (exact) mass is 286 g/mol. The summed E-state index contributed by atoms with van der Waals surface area (Å²) in [6.45, 7) is 2.11. The second-order valence-corrected chi connectivity index (χ2v) is 4.78. The molecule has 0 fully saturated rings. The molecule has 1 N–H and O–H groups in total. The first kappa shape index (κ1) is 13.6. The Balaban J connectivity index is 1.88. The Labute approximate surface area is 121 Å². The molecule has 0 aliphatic heterocycles. The van der Waals surface area contributed by atoms with Crippen molar-refractivity contribution in [3.8, 4) is 5.75 Å². The summed E-state index contributed by atoms with van der Waals surface area (Å²) in [5, 5.41) is 9.39. The Morgan fingerprint density at radius 3 is 2.71 bits per heavy atom. The maximum absolute atomic E-state index is 12.9. The first-order valence-electron chi connectivity index (χ1n) is 6.63. The van der Waals surface area contributed by atoms with Gasteiger partial charge in [0.15, 0.2) is 11.4 Å². The third kappa shape index (κ3) is 2.60. The molecule has 3 aromatic rings. The zero-order valence-electron chi connectivity index (χ0n) is 11.6. The summed E-state index contributed by atoms with van der Waals surface area (Å²) in [5.41, 5.74) is 3.07. The number of pyridine rings is 1. The van der Waals surface area contributed by atoms with Crippen molar-refractivity contribution < 1.29 is 14.2 Å². The summed E-state index contributed by atoms with van der Waals surface area (Å²) in [4.78, 5) is 4.43. The van der Waals surface area contributed by atoms with Crippen molar-refractivity contribution in [1.29, 1.82) is 0 Å². The van der Waals surface area contributed by atoms with Crippen molar-refractivity contribution in [3.63, 3.8) is 0 Å². The van der Waals surface area contributed by atoms with Gasteiger partial charge in [0.25, 0.3) is 0 Å². The molecule has 0 atom stereocenters. The Hall–Kier alpha value is -2.40. The Morgan fingerprint density at radius 1 is 1.24 bits per heavy atom. The number of nitrogens with zero attached hydrogens (tertiary/aromatic N) is 2. The molecule has 2 aromatic heterocycles. The number of aliphatic hydroxyl groups is 1. The fourth-order valence-electron chi connectivity index (χ4n) is 2.25. The average Bonchev–Trinajstić information content (AvgIpc) is 2.82. The van der Waals surface area contributed by atoms with E-state index in [4.69, 9.17) is 4.74 Å². The van der Waals surface area contributed by atoms with Gasteiger partial charge in [0.05, 0.1) is 18.0 Å². The number of hydrogen-bond acceptors (Lipinski definition) is 3. The van der Waals surface area contributed by atoms with Crippen molar-refractivity contribution in [2.45, 2.75) is 20.1 Å². The van der Waals surface area contributed by atoms with E-state index in [-0.39, 0.29) is 12.4 Å². The van der Waals surface area contributed by atoms with Crippen LogP contribution in [0.4, 0.5) is 4.39 Å². The summed E-state index contributed by atoms with van der Waals surface area (Å²) in [6, 6.07) is 9.85. The van der Waals surface area contributed by atoms with Gasteiger partial charge in [-0.1, -0.05) is 12.1 Å². The van der Waals surface area contributed by atoms with E-state index < -0.39 is 0 Å². The third-order valence-corrected chi connectivity index (χ3v) is 3.37. The minimum absolute atomic E-state index is 0.0750. The van der Waals surface area contributed by atoms with Crippen molar-refractivity contribution in [2.75, 3.05) is 0 Å². The number of fused-ring (bicyclic) bond motifs is 1. The van der Waals surface area contributed by atoms with Gasteiger partial charge >= 0.3 is 0 Å². The smallest absolute Gasteiger partial charge is 0.180 e. The quantitative estimate of drug-likeness (QED) is 0.802. The Morgan fingerprint density at radius 2 is 2.00 bits per heavy atom. The van der Waals surface area contributed by atoms with Gasteiger partial charge in [0.1, 0.15) is 12.4 Å². The average molecular weight is 286 g/mol. The first-order chi connectivity index (χ1) is 10.2. The third-order valence-electron chi connectivity index (χ3n) is 3.37.